The number of aromatic nitrogens is 1. The van der Waals surface area contributed by atoms with Crippen LogP contribution < -0.4 is 0 Å². The maximum atomic E-state index is 13.9. The smallest absolute Gasteiger partial charge is 0.237 e. The standard InChI is InChI=1S/C28H23NO2S/c30-32(31,24-16-8-3-9-17-24)29-27-19-11-10-18-25(27)26(20-22-12-4-1-5-13-22)28(29)21-23-14-6-2-7-15-23/h1-19H,20-21H2. The zero-order chi connectivity index (χ0) is 22.0. The van der Waals surface area contributed by atoms with Crippen LogP contribution in [0.15, 0.2) is 120 Å². The molecule has 0 N–H and O–H groups in total. The first-order chi connectivity index (χ1) is 15.6. The molecule has 0 saturated carbocycles. The monoisotopic (exact) mass is 437 g/mol. The predicted octanol–water partition coefficient (Wildman–Crippen LogP) is 6.06. The molecule has 5 rings (SSSR count). The summed E-state index contributed by atoms with van der Waals surface area (Å²) in [6, 6.07) is 36.7. The van der Waals surface area contributed by atoms with E-state index in [-0.39, 0.29) is 0 Å². The lowest BCUT2D eigenvalue weighted by Gasteiger charge is -2.14. The SMILES string of the molecule is O=S(=O)(c1ccccc1)n1c(Cc2ccccc2)c(Cc2ccccc2)c2ccccc21. The van der Waals surface area contributed by atoms with Crippen molar-refractivity contribution < 1.29 is 8.42 Å². The van der Waals surface area contributed by atoms with Gasteiger partial charge in [0.05, 0.1) is 10.4 Å². The van der Waals surface area contributed by atoms with E-state index in [0.29, 0.717) is 23.3 Å². The molecule has 0 saturated heterocycles. The normalized spacial score (nSPS) is 11.6. The molecule has 0 amide bonds. The van der Waals surface area contributed by atoms with Crippen molar-refractivity contribution >= 4 is 20.9 Å². The second-order valence-electron chi connectivity index (χ2n) is 7.85. The molecule has 158 valence electrons. The Morgan fingerprint density at radius 1 is 0.562 bits per heavy atom. The lowest BCUT2D eigenvalue weighted by atomic mass is 9.99. The van der Waals surface area contributed by atoms with Crippen molar-refractivity contribution in [2.75, 3.05) is 0 Å². The summed E-state index contributed by atoms with van der Waals surface area (Å²) in [6.45, 7) is 0. The quantitative estimate of drug-likeness (QED) is 0.324. The molecule has 1 aromatic heterocycles. The van der Waals surface area contributed by atoms with E-state index in [0.717, 1.165) is 27.8 Å². The van der Waals surface area contributed by atoms with E-state index in [2.05, 4.69) is 12.1 Å². The van der Waals surface area contributed by atoms with Crippen LogP contribution in [0.25, 0.3) is 10.9 Å². The first-order valence-electron chi connectivity index (χ1n) is 10.6. The number of nitrogens with zero attached hydrogens (tertiary/aromatic N) is 1. The summed E-state index contributed by atoms with van der Waals surface area (Å²) in [5.41, 5.74) is 4.81. The summed E-state index contributed by atoms with van der Waals surface area (Å²) in [5.74, 6) is 0. The largest absolute Gasteiger partial charge is 0.268 e. The van der Waals surface area contributed by atoms with Crippen LogP contribution in [0.4, 0.5) is 0 Å². The summed E-state index contributed by atoms with van der Waals surface area (Å²) < 4.78 is 29.3. The number of fused-ring (bicyclic) bond motifs is 1. The fourth-order valence-electron chi connectivity index (χ4n) is 4.27. The first kappa shape index (κ1) is 20.3. The molecule has 0 fully saturated rings. The molecule has 0 spiro atoms. The molecule has 4 aromatic carbocycles. The van der Waals surface area contributed by atoms with Gasteiger partial charge in [-0.2, -0.15) is 0 Å². The van der Waals surface area contributed by atoms with Crippen LogP contribution in [0.5, 0.6) is 0 Å². The molecule has 0 unspecified atom stereocenters. The maximum absolute atomic E-state index is 13.9. The first-order valence-corrected chi connectivity index (χ1v) is 12.1. The van der Waals surface area contributed by atoms with Gasteiger partial charge in [-0.1, -0.05) is 97.1 Å². The number of hydrogen-bond donors (Lipinski definition) is 0. The summed E-state index contributed by atoms with van der Waals surface area (Å²) in [6.07, 6.45) is 1.20. The Labute approximate surface area is 188 Å². The van der Waals surface area contributed by atoms with Crippen molar-refractivity contribution in [1.29, 1.82) is 0 Å². The Morgan fingerprint density at radius 2 is 1.06 bits per heavy atom. The predicted molar refractivity (Wildman–Crippen MR) is 129 cm³/mol. The van der Waals surface area contributed by atoms with Crippen molar-refractivity contribution in [3.63, 3.8) is 0 Å². The van der Waals surface area contributed by atoms with Gasteiger partial charge in [0.25, 0.3) is 10.0 Å². The second kappa shape index (κ2) is 8.48. The van der Waals surface area contributed by atoms with E-state index in [4.69, 9.17) is 0 Å². The Morgan fingerprint density at radius 3 is 1.69 bits per heavy atom. The van der Waals surface area contributed by atoms with Gasteiger partial charge in [0, 0.05) is 17.5 Å². The third kappa shape index (κ3) is 3.74. The fraction of sp³-hybridized carbons (Fsp3) is 0.0714. The van der Waals surface area contributed by atoms with E-state index < -0.39 is 10.0 Å². The van der Waals surface area contributed by atoms with Crippen molar-refractivity contribution in [2.45, 2.75) is 17.7 Å². The van der Waals surface area contributed by atoms with Crippen molar-refractivity contribution in [1.82, 2.24) is 3.97 Å². The van der Waals surface area contributed by atoms with Crippen LogP contribution >= 0.6 is 0 Å². The molecular formula is C28H23NO2S. The van der Waals surface area contributed by atoms with Gasteiger partial charge in [0.2, 0.25) is 0 Å². The highest BCUT2D eigenvalue weighted by Gasteiger charge is 2.26. The van der Waals surface area contributed by atoms with Crippen molar-refractivity contribution in [3.05, 3.63) is 138 Å². The molecule has 5 aromatic rings. The molecule has 32 heavy (non-hydrogen) atoms. The van der Waals surface area contributed by atoms with Crippen LogP contribution in [0.3, 0.4) is 0 Å². The van der Waals surface area contributed by atoms with Crippen LogP contribution in [-0.4, -0.2) is 12.4 Å². The highest BCUT2D eigenvalue weighted by molar-refractivity contribution is 7.90. The second-order valence-corrected chi connectivity index (χ2v) is 9.64. The highest BCUT2D eigenvalue weighted by Crippen LogP contribution is 2.33. The number of benzene rings is 4. The molecule has 0 aliphatic carbocycles. The Bertz CT molecular complexity index is 1460. The van der Waals surface area contributed by atoms with Gasteiger partial charge >= 0.3 is 0 Å². The molecule has 0 radical (unpaired) electrons. The molecule has 3 nitrogen and oxygen atoms in total. The minimum Gasteiger partial charge on any atom is -0.237 e. The highest BCUT2D eigenvalue weighted by atomic mass is 32.2. The lowest BCUT2D eigenvalue weighted by Crippen LogP contribution is -2.16. The van der Waals surface area contributed by atoms with Gasteiger partial charge in [-0.15, -0.1) is 0 Å². The Balaban J connectivity index is 1.80. The van der Waals surface area contributed by atoms with E-state index in [1.165, 1.54) is 0 Å². The van der Waals surface area contributed by atoms with Gasteiger partial charge in [-0.05, 0) is 41.3 Å². The van der Waals surface area contributed by atoms with Crippen LogP contribution in [-0.2, 0) is 22.9 Å². The lowest BCUT2D eigenvalue weighted by molar-refractivity contribution is 0.587. The van der Waals surface area contributed by atoms with Crippen molar-refractivity contribution in [3.8, 4) is 0 Å². The third-order valence-electron chi connectivity index (χ3n) is 5.76. The minimum absolute atomic E-state index is 0.293. The van der Waals surface area contributed by atoms with E-state index in [9.17, 15) is 8.42 Å². The van der Waals surface area contributed by atoms with E-state index in [1.54, 1.807) is 28.2 Å². The topological polar surface area (TPSA) is 39.1 Å². The van der Waals surface area contributed by atoms with E-state index >= 15 is 0 Å². The van der Waals surface area contributed by atoms with Crippen LogP contribution in [0.1, 0.15) is 22.4 Å². The van der Waals surface area contributed by atoms with Gasteiger partial charge < -0.3 is 0 Å². The molecule has 4 heteroatoms. The number of para-hydroxylation sites is 1. The third-order valence-corrected chi connectivity index (χ3v) is 7.53. The van der Waals surface area contributed by atoms with Gasteiger partial charge in [-0.25, -0.2) is 12.4 Å². The van der Waals surface area contributed by atoms with Crippen LogP contribution in [0, 0.1) is 0 Å². The zero-order valence-electron chi connectivity index (χ0n) is 17.6. The summed E-state index contributed by atoms with van der Waals surface area (Å²) in [5, 5.41) is 0.974. The fourth-order valence-corrected chi connectivity index (χ4v) is 5.86. The summed E-state index contributed by atoms with van der Waals surface area (Å²) >= 11 is 0. The molecule has 0 aliphatic rings. The number of hydrogen-bond acceptors (Lipinski definition) is 2. The zero-order valence-corrected chi connectivity index (χ0v) is 18.4. The maximum Gasteiger partial charge on any atom is 0.268 e. The van der Waals surface area contributed by atoms with Gasteiger partial charge in [-0.3, -0.25) is 0 Å². The summed E-state index contributed by atoms with van der Waals surface area (Å²) in [7, 11) is -3.77. The van der Waals surface area contributed by atoms with E-state index in [1.807, 2.05) is 78.9 Å². The minimum atomic E-state index is -3.77. The molecule has 0 bridgehead atoms. The van der Waals surface area contributed by atoms with Crippen molar-refractivity contribution in [2.24, 2.45) is 0 Å². The average molecular weight is 438 g/mol. The molecular weight excluding hydrogens is 414 g/mol. The average Bonchev–Trinajstić information content (AvgIpc) is 3.14. The Kier molecular flexibility index (Phi) is 5.38. The molecule has 0 aliphatic heterocycles. The van der Waals surface area contributed by atoms with Crippen LogP contribution in [0.2, 0.25) is 0 Å². The molecule has 1 heterocycles. The van der Waals surface area contributed by atoms with Gasteiger partial charge in [0.15, 0.2) is 0 Å². The molecule has 0 atom stereocenters. The number of rotatable bonds is 6. The van der Waals surface area contributed by atoms with Gasteiger partial charge in [0.1, 0.15) is 0 Å². The summed E-state index contributed by atoms with van der Waals surface area (Å²) in [4.78, 5) is 0.293. The Hall–Kier alpha value is -3.63.